The van der Waals surface area contributed by atoms with E-state index in [0.29, 0.717) is 5.75 Å². The number of rotatable bonds is 5. The Morgan fingerprint density at radius 1 is 1.56 bits per heavy atom. The van der Waals surface area contributed by atoms with E-state index in [0.717, 1.165) is 23.6 Å². The molecule has 18 heavy (non-hydrogen) atoms. The number of carbonyl (C=O) groups is 1. The van der Waals surface area contributed by atoms with Gasteiger partial charge in [0.1, 0.15) is 11.8 Å². The minimum atomic E-state index is -0.798. The van der Waals surface area contributed by atoms with Crippen molar-refractivity contribution in [1.29, 1.82) is 0 Å². The molecule has 5 heteroatoms. The third-order valence-electron chi connectivity index (χ3n) is 3.12. The van der Waals surface area contributed by atoms with Gasteiger partial charge in [-0.15, -0.1) is 0 Å². The fourth-order valence-corrected chi connectivity index (χ4v) is 3.43. The minimum Gasteiger partial charge on any atom is -0.495 e. The number of anilines is 1. The average Bonchev–Trinajstić information content (AvgIpc) is 2.89. The zero-order valence-electron chi connectivity index (χ0n) is 10.3. The van der Waals surface area contributed by atoms with E-state index in [4.69, 9.17) is 4.74 Å². The molecule has 0 spiro atoms. The Morgan fingerprint density at radius 3 is 2.94 bits per heavy atom. The SMILES string of the molecule is COc1ccccc1NC(C(=O)O)C1CCSC1. The Labute approximate surface area is 111 Å². The Hall–Kier alpha value is -1.36. The highest BCUT2D eigenvalue weighted by molar-refractivity contribution is 7.99. The van der Waals surface area contributed by atoms with Crippen molar-refractivity contribution in [3.8, 4) is 5.75 Å². The van der Waals surface area contributed by atoms with Crippen LogP contribution in [0.2, 0.25) is 0 Å². The van der Waals surface area contributed by atoms with E-state index < -0.39 is 12.0 Å². The Morgan fingerprint density at radius 2 is 2.33 bits per heavy atom. The van der Waals surface area contributed by atoms with Gasteiger partial charge in [0.25, 0.3) is 0 Å². The first-order valence-electron chi connectivity index (χ1n) is 5.92. The van der Waals surface area contributed by atoms with Gasteiger partial charge in [-0.3, -0.25) is 0 Å². The number of ether oxygens (including phenoxy) is 1. The molecule has 2 rings (SSSR count). The molecule has 2 unspecified atom stereocenters. The lowest BCUT2D eigenvalue weighted by Gasteiger charge is -2.22. The summed E-state index contributed by atoms with van der Waals surface area (Å²) in [5.74, 6) is 2.00. The number of hydrogen-bond donors (Lipinski definition) is 2. The van der Waals surface area contributed by atoms with Gasteiger partial charge in [-0.25, -0.2) is 4.79 Å². The van der Waals surface area contributed by atoms with Crippen LogP contribution < -0.4 is 10.1 Å². The summed E-state index contributed by atoms with van der Waals surface area (Å²) in [4.78, 5) is 11.4. The van der Waals surface area contributed by atoms with Crippen LogP contribution >= 0.6 is 11.8 Å². The van der Waals surface area contributed by atoms with Crippen molar-refractivity contribution in [2.24, 2.45) is 5.92 Å². The zero-order valence-corrected chi connectivity index (χ0v) is 11.1. The van der Waals surface area contributed by atoms with Gasteiger partial charge < -0.3 is 15.2 Å². The van der Waals surface area contributed by atoms with Gasteiger partial charge in [-0.2, -0.15) is 11.8 Å². The lowest BCUT2D eigenvalue weighted by atomic mass is 9.99. The lowest BCUT2D eigenvalue weighted by Crippen LogP contribution is -2.37. The molecule has 1 aliphatic heterocycles. The number of benzene rings is 1. The summed E-state index contributed by atoms with van der Waals surface area (Å²) >= 11 is 1.81. The number of thioether (sulfide) groups is 1. The van der Waals surface area contributed by atoms with Crippen LogP contribution in [0.1, 0.15) is 6.42 Å². The summed E-state index contributed by atoms with van der Waals surface area (Å²) < 4.78 is 5.23. The fraction of sp³-hybridized carbons (Fsp3) is 0.462. The number of carboxylic acid groups (broad SMARTS) is 1. The van der Waals surface area contributed by atoms with Crippen LogP contribution in [0.5, 0.6) is 5.75 Å². The Kier molecular flexibility index (Phi) is 4.36. The van der Waals surface area contributed by atoms with Gasteiger partial charge in [-0.1, -0.05) is 12.1 Å². The van der Waals surface area contributed by atoms with Crippen LogP contribution in [0, 0.1) is 5.92 Å². The second-order valence-corrected chi connectivity index (χ2v) is 5.43. The first kappa shape index (κ1) is 13.1. The molecule has 1 heterocycles. The van der Waals surface area contributed by atoms with Crippen LogP contribution in [0.4, 0.5) is 5.69 Å². The molecule has 0 bridgehead atoms. The molecule has 0 aromatic heterocycles. The van der Waals surface area contributed by atoms with Crippen LogP contribution in [-0.2, 0) is 4.79 Å². The minimum absolute atomic E-state index is 0.178. The highest BCUT2D eigenvalue weighted by Crippen LogP contribution is 2.30. The largest absolute Gasteiger partial charge is 0.495 e. The van der Waals surface area contributed by atoms with E-state index in [1.807, 2.05) is 36.0 Å². The maximum absolute atomic E-state index is 11.4. The van der Waals surface area contributed by atoms with E-state index >= 15 is 0 Å². The van der Waals surface area contributed by atoms with Crippen molar-refractivity contribution < 1.29 is 14.6 Å². The molecule has 2 N–H and O–H groups in total. The van der Waals surface area contributed by atoms with E-state index in [-0.39, 0.29) is 5.92 Å². The van der Waals surface area contributed by atoms with Crippen LogP contribution in [-0.4, -0.2) is 35.7 Å². The molecule has 2 atom stereocenters. The number of carboxylic acids is 1. The second kappa shape index (κ2) is 6.00. The normalized spacial score (nSPS) is 20.4. The van der Waals surface area contributed by atoms with Crippen molar-refractivity contribution in [1.82, 2.24) is 0 Å². The summed E-state index contributed by atoms with van der Waals surface area (Å²) in [6.45, 7) is 0. The van der Waals surface area contributed by atoms with E-state index in [2.05, 4.69) is 5.32 Å². The summed E-state index contributed by atoms with van der Waals surface area (Å²) in [7, 11) is 1.59. The molecule has 1 aromatic rings. The maximum Gasteiger partial charge on any atom is 0.326 e. The molecule has 98 valence electrons. The van der Waals surface area contributed by atoms with Crippen LogP contribution in [0.15, 0.2) is 24.3 Å². The standard InChI is InChI=1S/C13H17NO3S/c1-17-11-5-3-2-4-10(11)14-12(13(15)16)9-6-7-18-8-9/h2-5,9,12,14H,6-8H2,1H3,(H,15,16). The fourth-order valence-electron chi connectivity index (χ4n) is 2.13. The second-order valence-electron chi connectivity index (χ2n) is 4.28. The Balaban J connectivity index is 2.15. The highest BCUT2D eigenvalue weighted by atomic mass is 32.2. The van der Waals surface area contributed by atoms with Gasteiger partial charge in [0.15, 0.2) is 0 Å². The van der Waals surface area contributed by atoms with Crippen molar-refractivity contribution in [3.63, 3.8) is 0 Å². The predicted molar refractivity (Wildman–Crippen MR) is 73.5 cm³/mol. The van der Waals surface area contributed by atoms with Gasteiger partial charge in [0.2, 0.25) is 0 Å². The average molecular weight is 267 g/mol. The highest BCUT2D eigenvalue weighted by Gasteiger charge is 2.31. The number of hydrogen-bond acceptors (Lipinski definition) is 4. The maximum atomic E-state index is 11.4. The first-order chi connectivity index (χ1) is 8.72. The number of aliphatic carboxylic acids is 1. The third kappa shape index (κ3) is 2.90. The predicted octanol–water partition coefficient (Wildman–Crippen LogP) is 2.31. The molecular formula is C13H17NO3S. The third-order valence-corrected chi connectivity index (χ3v) is 4.31. The molecule has 0 saturated carbocycles. The summed E-state index contributed by atoms with van der Waals surface area (Å²) in [6, 6.07) is 6.86. The molecule has 0 radical (unpaired) electrons. The van der Waals surface area contributed by atoms with Gasteiger partial charge in [-0.05, 0) is 36.0 Å². The van der Waals surface area contributed by atoms with E-state index in [1.54, 1.807) is 7.11 Å². The van der Waals surface area contributed by atoms with Crippen molar-refractivity contribution in [2.45, 2.75) is 12.5 Å². The monoisotopic (exact) mass is 267 g/mol. The van der Waals surface area contributed by atoms with E-state index in [1.165, 1.54) is 0 Å². The van der Waals surface area contributed by atoms with Crippen molar-refractivity contribution in [3.05, 3.63) is 24.3 Å². The van der Waals surface area contributed by atoms with E-state index in [9.17, 15) is 9.90 Å². The molecule has 1 aromatic carbocycles. The van der Waals surface area contributed by atoms with Crippen molar-refractivity contribution >= 4 is 23.4 Å². The zero-order chi connectivity index (χ0) is 13.0. The van der Waals surface area contributed by atoms with Crippen molar-refractivity contribution in [2.75, 3.05) is 23.9 Å². The molecule has 1 aliphatic rings. The van der Waals surface area contributed by atoms with Gasteiger partial charge >= 0.3 is 5.97 Å². The number of para-hydroxylation sites is 2. The topological polar surface area (TPSA) is 58.6 Å². The molecule has 1 saturated heterocycles. The molecule has 0 amide bonds. The summed E-state index contributed by atoms with van der Waals surface area (Å²) in [5.41, 5.74) is 0.740. The van der Waals surface area contributed by atoms with Gasteiger partial charge in [0.05, 0.1) is 12.8 Å². The first-order valence-corrected chi connectivity index (χ1v) is 7.08. The molecule has 1 fully saturated rings. The van der Waals surface area contributed by atoms with Crippen LogP contribution in [0.3, 0.4) is 0 Å². The number of nitrogens with one attached hydrogen (secondary N) is 1. The smallest absolute Gasteiger partial charge is 0.326 e. The summed E-state index contributed by atoms with van der Waals surface area (Å²) in [5, 5.41) is 12.4. The lowest BCUT2D eigenvalue weighted by molar-refractivity contribution is -0.138. The number of methoxy groups -OCH3 is 1. The molecule has 0 aliphatic carbocycles. The molecular weight excluding hydrogens is 250 g/mol. The van der Waals surface area contributed by atoms with Crippen LogP contribution in [0.25, 0.3) is 0 Å². The quantitative estimate of drug-likeness (QED) is 0.857. The Bertz CT molecular complexity index is 418. The molecule has 4 nitrogen and oxygen atoms in total. The summed E-state index contributed by atoms with van der Waals surface area (Å²) in [6.07, 6.45) is 0.948. The van der Waals surface area contributed by atoms with Gasteiger partial charge in [0, 0.05) is 0 Å².